The highest BCUT2D eigenvalue weighted by molar-refractivity contribution is 7.87. The first-order valence-corrected chi connectivity index (χ1v) is 11.0. The summed E-state index contributed by atoms with van der Waals surface area (Å²) in [7, 11) is -0.928. The number of fused-ring (bicyclic) bond motifs is 1. The van der Waals surface area contributed by atoms with Crippen LogP contribution in [0.15, 0.2) is 54.7 Å². The third-order valence-electron chi connectivity index (χ3n) is 5.74. The minimum Gasteiger partial charge on any atom is -0.361 e. The van der Waals surface area contributed by atoms with Gasteiger partial charge in [0.1, 0.15) is 11.0 Å². The molecule has 0 amide bonds. The number of H-pyrrole nitrogens is 1. The van der Waals surface area contributed by atoms with Crippen LogP contribution in [0.3, 0.4) is 0 Å². The maximum atomic E-state index is 12.1. The molecular weight excluding hydrogens is 354 g/mol. The number of likely N-dealkylation sites (tertiary alicyclic amines) is 1. The van der Waals surface area contributed by atoms with Gasteiger partial charge >= 0.3 is 0 Å². The summed E-state index contributed by atoms with van der Waals surface area (Å²) < 4.78 is 15.3. The van der Waals surface area contributed by atoms with Crippen LogP contribution in [0.5, 0.6) is 0 Å². The third kappa shape index (κ3) is 3.66. The van der Waals surface area contributed by atoms with Crippen LogP contribution in [0, 0.1) is 0 Å². The highest BCUT2D eigenvalue weighted by Crippen LogP contribution is 2.32. The quantitative estimate of drug-likeness (QED) is 0.667. The predicted molar refractivity (Wildman–Crippen MR) is 112 cm³/mol. The number of hydrogen-bond acceptors (Lipinski definition) is 2. The summed E-state index contributed by atoms with van der Waals surface area (Å²) in [5.41, 5.74) is 4.94. The Morgan fingerprint density at radius 3 is 2.89 bits per heavy atom. The fourth-order valence-electron chi connectivity index (χ4n) is 4.09. The maximum Gasteiger partial charge on any atom is 0.120 e. The zero-order valence-corrected chi connectivity index (χ0v) is 16.2. The Bertz CT molecular complexity index is 978. The van der Waals surface area contributed by atoms with E-state index >= 15 is 0 Å². The summed E-state index contributed by atoms with van der Waals surface area (Å²) in [5, 5.41) is 1.68. The lowest BCUT2D eigenvalue weighted by Crippen LogP contribution is -2.19. The molecule has 1 saturated heterocycles. The van der Waals surface area contributed by atoms with E-state index < -0.39 is 11.0 Å². The molecule has 1 aromatic heterocycles. The molecule has 3 aromatic rings. The number of para-hydroxylation sites is 1. The second-order valence-electron chi connectivity index (χ2n) is 7.80. The highest BCUT2D eigenvalue weighted by atomic mass is 32.2. The number of hydrogen-bond donors (Lipinski definition) is 2. The molecule has 140 valence electrons. The van der Waals surface area contributed by atoms with Crippen LogP contribution in [0.4, 0.5) is 5.69 Å². The van der Waals surface area contributed by atoms with Gasteiger partial charge in [-0.1, -0.05) is 30.3 Å². The lowest BCUT2D eigenvalue weighted by atomic mass is 9.98. The summed E-state index contributed by atoms with van der Waals surface area (Å²) in [6, 6.07) is 17.0. The van der Waals surface area contributed by atoms with E-state index in [1.807, 2.05) is 6.07 Å². The molecule has 1 saturated carbocycles. The van der Waals surface area contributed by atoms with Crippen molar-refractivity contribution in [3.63, 3.8) is 0 Å². The lowest BCUT2D eigenvalue weighted by Gasteiger charge is -2.16. The molecule has 27 heavy (non-hydrogen) atoms. The Kier molecular flexibility index (Phi) is 4.50. The Balaban J connectivity index is 1.26. The van der Waals surface area contributed by atoms with Crippen LogP contribution in [-0.4, -0.2) is 32.4 Å². The molecular formula is C22H25N3OS. The molecule has 2 fully saturated rings. The van der Waals surface area contributed by atoms with Crippen LogP contribution in [-0.2, 0) is 17.5 Å². The number of benzene rings is 2. The minimum atomic E-state index is -0.928. The van der Waals surface area contributed by atoms with Crippen molar-refractivity contribution in [3.8, 4) is 0 Å². The van der Waals surface area contributed by atoms with E-state index in [-0.39, 0.29) is 0 Å². The molecule has 5 heteroatoms. The highest BCUT2D eigenvalue weighted by Gasteiger charge is 2.29. The van der Waals surface area contributed by atoms with E-state index in [1.54, 1.807) is 0 Å². The first-order valence-electron chi connectivity index (χ1n) is 9.81. The van der Waals surface area contributed by atoms with Gasteiger partial charge in [0.25, 0.3) is 0 Å². The van der Waals surface area contributed by atoms with Crippen LogP contribution < -0.4 is 4.72 Å². The molecule has 2 unspecified atom stereocenters. The van der Waals surface area contributed by atoms with Crippen molar-refractivity contribution < 1.29 is 4.21 Å². The van der Waals surface area contributed by atoms with Crippen molar-refractivity contribution in [2.45, 2.75) is 37.0 Å². The van der Waals surface area contributed by atoms with E-state index in [9.17, 15) is 4.21 Å². The van der Waals surface area contributed by atoms with Gasteiger partial charge in [0, 0.05) is 35.9 Å². The van der Waals surface area contributed by atoms with Crippen molar-refractivity contribution in [2.75, 3.05) is 17.8 Å². The number of nitrogens with zero attached hydrogens (tertiary/aromatic N) is 1. The molecule has 4 nitrogen and oxygen atoms in total. The van der Waals surface area contributed by atoms with Crippen molar-refractivity contribution in [1.29, 1.82) is 0 Å². The number of anilines is 1. The maximum absolute atomic E-state index is 12.1. The fraction of sp³-hybridized carbons (Fsp3) is 0.364. The molecule has 2 atom stereocenters. The Hall–Kier alpha value is -2.11. The second-order valence-corrected chi connectivity index (χ2v) is 9.27. The number of nitrogens with one attached hydrogen (secondary N) is 2. The van der Waals surface area contributed by atoms with Crippen LogP contribution in [0.25, 0.3) is 10.9 Å². The van der Waals surface area contributed by atoms with Gasteiger partial charge in [-0.3, -0.25) is 4.90 Å². The third-order valence-corrected chi connectivity index (χ3v) is 7.26. The van der Waals surface area contributed by atoms with E-state index in [0.29, 0.717) is 11.2 Å². The zero-order valence-electron chi connectivity index (χ0n) is 15.4. The molecule has 2 aromatic carbocycles. The van der Waals surface area contributed by atoms with E-state index in [2.05, 4.69) is 63.3 Å². The largest absolute Gasteiger partial charge is 0.361 e. The smallest absolute Gasteiger partial charge is 0.120 e. The van der Waals surface area contributed by atoms with Gasteiger partial charge in [0.15, 0.2) is 0 Å². The molecule has 0 bridgehead atoms. The number of aromatic nitrogens is 1. The summed E-state index contributed by atoms with van der Waals surface area (Å²) in [4.78, 5) is 5.93. The van der Waals surface area contributed by atoms with Crippen molar-refractivity contribution in [3.05, 3.63) is 65.9 Å². The van der Waals surface area contributed by atoms with Crippen molar-refractivity contribution in [2.24, 2.45) is 0 Å². The van der Waals surface area contributed by atoms with Crippen molar-refractivity contribution >= 4 is 27.6 Å². The summed E-state index contributed by atoms with van der Waals surface area (Å²) in [6.45, 7) is 3.19. The standard InChI is InChI=1S/C22H25N3OS/c26-27(20-8-9-20)24-19-5-3-4-16(12-19)17-10-11-25(14-17)15-18-13-23-22-7-2-1-6-21(18)22/h1-7,12-13,17,20,23-24H,8-11,14-15H2. The van der Waals surface area contributed by atoms with Crippen LogP contribution >= 0.6 is 0 Å². The van der Waals surface area contributed by atoms with Gasteiger partial charge in [-0.05, 0) is 61.1 Å². The molecule has 1 aliphatic carbocycles. The Morgan fingerprint density at radius 2 is 2.00 bits per heavy atom. The van der Waals surface area contributed by atoms with Gasteiger partial charge in [0.2, 0.25) is 0 Å². The lowest BCUT2D eigenvalue weighted by molar-refractivity contribution is 0.328. The van der Waals surface area contributed by atoms with Crippen LogP contribution in [0.2, 0.25) is 0 Å². The SMILES string of the molecule is O=S(Nc1cccc(C2CCN(Cc3c[nH]c4ccccc34)C2)c1)C1CC1. The Labute approximate surface area is 162 Å². The van der Waals surface area contributed by atoms with Gasteiger partial charge < -0.3 is 9.71 Å². The predicted octanol–water partition coefficient (Wildman–Crippen LogP) is 4.40. The monoisotopic (exact) mass is 379 g/mol. The van der Waals surface area contributed by atoms with Crippen LogP contribution in [0.1, 0.15) is 36.3 Å². The summed E-state index contributed by atoms with van der Waals surface area (Å²) in [6.07, 6.45) is 5.50. The fourth-order valence-corrected chi connectivity index (χ4v) is 5.18. The molecule has 0 spiro atoms. The average molecular weight is 380 g/mol. The van der Waals surface area contributed by atoms with Gasteiger partial charge in [-0.25, -0.2) is 4.21 Å². The first kappa shape index (κ1) is 17.0. The van der Waals surface area contributed by atoms with E-state index in [1.165, 1.54) is 28.5 Å². The molecule has 0 radical (unpaired) electrons. The topological polar surface area (TPSA) is 48.1 Å². The van der Waals surface area contributed by atoms with Gasteiger partial charge in [-0.2, -0.15) is 0 Å². The molecule has 5 rings (SSSR count). The van der Waals surface area contributed by atoms with E-state index in [0.717, 1.165) is 38.2 Å². The first-order chi connectivity index (χ1) is 13.3. The average Bonchev–Trinajstić information content (AvgIpc) is 3.32. The van der Waals surface area contributed by atoms with Gasteiger partial charge in [0.05, 0.1) is 5.25 Å². The van der Waals surface area contributed by atoms with E-state index in [4.69, 9.17) is 0 Å². The molecule has 2 heterocycles. The minimum absolute atomic E-state index is 0.354. The summed E-state index contributed by atoms with van der Waals surface area (Å²) in [5.74, 6) is 0.548. The number of rotatable bonds is 6. The molecule has 2 aliphatic rings. The Morgan fingerprint density at radius 1 is 1.11 bits per heavy atom. The van der Waals surface area contributed by atoms with Crippen molar-refractivity contribution in [1.82, 2.24) is 9.88 Å². The number of aromatic amines is 1. The molecule has 1 aliphatic heterocycles. The normalized spacial score (nSPS) is 21.6. The second kappa shape index (κ2) is 7.13. The molecule has 2 N–H and O–H groups in total. The van der Waals surface area contributed by atoms with Gasteiger partial charge in [-0.15, -0.1) is 0 Å². The zero-order chi connectivity index (χ0) is 18.2. The summed E-state index contributed by atoms with van der Waals surface area (Å²) >= 11 is 0.